The number of ketones is 1. The van der Waals surface area contributed by atoms with E-state index in [1.54, 1.807) is 61.7 Å². The number of benzene rings is 2. The Morgan fingerprint density at radius 3 is 2.50 bits per heavy atom. The number of rotatable bonds is 8. The molecule has 1 N–H and O–H groups in total. The van der Waals surface area contributed by atoms with Gasteiger partial charge < -0.3 is 24.4 Å². The van der Waals surface area contributed by atoms with Crippen LogP contribution in [0.4, 0.5) is 5.69 Å². The van der Waals surface area contributed by atoms with Crippen molar-refractivity contribution < 1.29 is 29.0 Å². The highest BCUT2D eigenvalue weighted by Crippen LogP contribution is 2.53. The minimum atomic E-state index is -1.74. The number of likely N-dealkylation sites (tertiary alicyclic amines) is 1. The first-order valence-corrected chi connectivity index (χ1v) is 12.7. The summed E-state index contributed by atoms with van der Waals surface area (Å²) in [5.74, 6) is -1.96. The topological polar surface area (TPSA) is 99.6 Å². The van der Waals surface area contributed by atoms with E-state index in [9.17, 15) is 19.5 Å². The summed E-state index contributed by atoms with van der Waals surface area (Å²) >= 11 is 0. The van der Waals surface area contributed by atoms with Crippen LogP contribution in [-0.2, 0) is 24.7 Å². The van der Waals surface area contributed by atoms with Gasteiger partial charge in [-0.1, -0.05) is 30.9 Å². The van der Waals surface area contributed by atoms with Gasteiger partial charge in [0.1, 0.15) is 18.1 Å². The van der Waals surface area contributed by atoms with Crippen LogP contribution < -0.4 is 9.64 Å². The van der Waals surface area contributed by atoms with Gasteiger partial charge >= 0.3 is 0 Å². The molecule has 1 spiro atoms. The highest BCUT2D eigenvalue weighted by molar-refractivity contribution is 6.50. The minimum absolute atomic E-state index is 0.182. The van der Waals surface area contributed by atoms with Gasteiger partial charge in [0.2, 0.25) is 0 Å². The fraction of sp³-hybridized carbons (Fsp3) is 0.345. The van der Waals surface area contributed by atoms with Crippen LogP contribution in [-0.4, -0.2) is 85.6 Å². The number of hydrogen-bond acceptors (Lipinski definition) is 7. The van der Waals surface area contributed by atoms with Crippen molar-refractivity contribution >= 4 is 29.0 Å². The van der Waals surface area contributed by atoms with E-state index in [4.69, 9.17) is 9.47 Å². The third-order valence-corrected chi connectivity index (χ3v) is 7.39. The van der Waals surface area contributed by atoms with Crippen LogP contribution in [0, 0.1) is 0 Å². The molecule has 38 heavy (non-hydrogen) atoms. The molecule has 9 nitrogen and oxygen atoms in total. The van der Waals surface area contributed by atoms with Crippen LogP contribution in [0.5, 0.6) is 5.75 Å². The summed E-state index contributed by atoms with van der Waals surface area (Å²) in [7, 11) is 1.62. The summed E-state index contributed by atoms with van der Waals surface area (Å²) in [6.07, 6.45) is 2.18. The van der Waals surface area contributed by atoms with E-state index in [0.717, 1.165) is 13.1 Å². The van der Waals surface area contributed by atoms with Gasteiger partial charge in [-0.3, -0.25) is 19.3 Å². The molecule has 0 unspecified atom stereocenters. The molecule has 198 valence electrons. The molecule has 1 atom stereocenters. The van der Waals surface area contributed by atoms with E-state index >= 15 is 0 Å². The molecule has 2 amide bonds. The molecule has 0 bridgehead atoms. The zero-order valence-corrected chi connectivity index (χ0v) is 21.4. The highest BCUT2D eigenvalue weighted by Gasteiger charge is 2.66. The van der Waals surface area contributed by atoms with Gasteiger partial charge in [0, 0.05) is 50.0 Å². The Morgan fingerprint density at radius 1 is 1.08 bits per heavy atom. The zero-order chi connectivity index (χ0) is 26.9. The number of ether oxygens (including phenoxy) is 2. The molecule has 2 aromatic carbocycles. The monoisotopic (exact) mass is 517 g/mol. The Morgan fingerprint density at radius 2 is 1.79 bits per heavy atom. The summed E-state index contributed by atoms with van der Waals surface area (Å²) < 4.78 is 10.9. The predicted octanol–water partition coefficient (Wildman–Crippen LogP) is 2.53. The fourth-order valence-corrected chi connectivity index (χ4v) is 5.56. The highest BCUT2D eigenvalue weighted by atomic mass is 16.5. The van der Waals surface area contributed by atoms with Crippen molar-refractivity contribution in [2.45, 2.75) is 12.0 Å². The number of aliphatic hydroxyl groups is 1. The third-order valence-electron chi connectivity index (χ3n) is 7.39. The van der Waals surface area contributed by atoms with Crippen LogP contribution in [0.1, 0.15) is 17.5 Å². The molecule has 0 radical (unpaired) electrons. The number of amides is 2. The molecule has 2 fully saturated rings. The van der Waals surface area contributed by atoms with Crippen LogP contribution in [0.2, 0.25) is 0 Å². The largest absolute Gasteiger partial charge is 0.507 e. The lowest BCUT2D eigenvalue weighted by atomic mass is 9.82. The predicted molar refractivity (Wildman–Crippen MR) is 142 cm³/mol. The molecule has 3 aliphatic heterocycles. The standard InChI is InChI=1S/C29H31N3O6/c1-3-17-38-21-11-9-20(10-12-21)25(33)24-26(34)27(35)32(14-6-13-31-15-18-37-19-16-31)29(24)22-7-4-5-8-23(22)30(2)28(29)36/h3-5,7-12,33H,1,6,13-19H2,2H3/t29-/m0/s1. The number of likely N-dealkylation sites (N-methyl/N-ethyl adjacent to an activating group) is 1. The molecule has 9 heteroatoms. The van der Waals surface area contributed by atoms with Crippen LogP contribution in [0.25, 0.3) is 5.76 Å². The first-order chi connectivity index (χ1) is 18.4. The number of anilines is 1. The Balaban J connectivity index is 1.58. The van der Waals surface area contributed by atoms with Crippen molar-refractivity contribution in [2.24, 2.45) is 0 Å². The number of Topliss-reactive ketones (excluding diaryl/α,β-unsaturated/α-hetero) is 1. The van der Waals surface area contributed by atoms with Gasteiger partial charge in [0.25, 0.3) is 17.6 Å². The smallest absolute Gasteiger partial charge is 0.296 e. The van der Waals surface area contributed by atoms with Crippen LogP contribution in [0.3, 0.4) is 0 Å². The number of para-hydroxylation sites is 1. The number of nitrogens with zero attached hydrogens (tertiary/aromatic N) is 3. The maximum atomic E-state index is 14.0. The molecule has 2 saturated heterocycles. The zero-order valence-electron chi connectivity index (χ0n) is 21.4. The molecule has 3 aliphatic rings. The molecule has 5 rings (SSSR count). The SMILES string of the molecule is C=CCOc1ccc(C(O)=C2C(=O)C(=O)N(CCCN3CCOCC3)[C@]23C(=O)N(C)c2ccccc23)cc1. The summed E-state index contributed by atoms with van der Waals surface area (Å²) in [4.78, 5) is 46.2. The molecular weight excluding hydrogens is 486 g/mol. The quantitative estimate of drug-likeness (QED) is 0.249. The average molecular weight is 518 g/mol. The Hall–Kier alpha value is -3.95. The molecule has 0 saturated carbocycles. The van der Waals surface area contributed by atoms with Gasteiger partial charge in [-0.2, -0.15) is 0 Å². The number of hydrogen-bond donors (Lipinski definition) is 1. The van der Waals surface area contributed by atoms with E-state index < -0.39 is 28.9 Å². The molecular formula is C29H31N3O6. The maximum absolute atomic E-state index is 14.0. The normalized spacial score (nSPS) is 22.8. The van der Waals surface area contributed by atoms with Crippen LogP contribution >= 0.6 is 0 Å². The van der Waals surface area contributed by atoms with E-state index in [1.165, 1.54) is 9.80 Å². The lowest BCUT2D eigenvalue weighted by molar-refractivity contribution is -0.143. The first kappa shape index (κ1) is 25.7. The Labute approximate surface area is 221 Å². The number of fused-ring (bicyclic) bond motifs is 2. The van der Waals surface area contributed by atoms with Gasteiger partial charge in [0.15, 0.2) is 5.54 Å². The second-order valence-electron chi connectivity index (χ2n) is 9.53. The van der Waals surface area contributed by atoms with E-state index in [1.807, 2.05) is 0 Å². The van der Waals surface area contributed by atoms with Gasteiger partial charge in [-0.15, -0.1) is 0 Å². The summed E-state index contributed by atoms with van der Waals surface area (Å²) in [6.45, 7) is 7.71. The van der Waals surface area contributed by atoms with Crippen molar-refractivity contribution in [1.82, 2.24) is 9.80 Å². The second-order valence-corrected chi connectivity index (χ2v) is 9.53. The number of carbonyl (C=O) groups is 3. The van der Waals surface area contributed by atoms with Crippen molar-refractivity contribution in [1.29, 1.82) is 0 Å². The first-order valence-electron chi connectivity index (χ1n) is 12.7. The van der Waals surface area contributed by atoms with Crippen molar-refractivity contribution in [3.63, 3.8) is 0 Å². The third kappa shape index (κ3) is 4.08. The Bertz CT molecular complexity index is 1300. The van der Waals surface area contributed by atoms with Crippen molar-refractivity contribution in [3.8, 4) is 5.75 Å². The van der Waals surface area contributed by atoms with Crippen molar-refractivity contribution in [3.05, 3.63) is 77.9 Å². The van der Waals surface area contributed by atoms with Gasteiger partial charge in [0.05, 0.1) is 18.8 Å². The molecule has 3 heterocycles. The van der Waals surface area contributed by atoms with Crippen molar-refractivity contribution in [2.75, 3.05) is 57.9 Å². The van der Waals surface area contributed by atoms with Gasteiger partial charge in [-0.05, 0) is 36.8 Å². The summed E-state index contributed by atoms with van der Waals surface area (Å²) in [5, 5.41) is 11.5. The number of carbonyl (C=O) groups excluding carboxylic acids is 3. The fourth-order valence-electron chi connectivity index (χ4n) is 5.56. The lowest BCUT2D eigenvalue weighted by Crippen LogP contribution is -2.52. The molecule has 0 aromatic heterocycles. The Kier molecular flexibility index (Phi) is 7.05. The molecule has 0 aliphatic carbocycles. The maximum Gasteiger partial charge on any atom is 0.296 e. The summed E-state index contributed by atoms with van der Waals surface area (Å²) in [5.41, 5.74) is -0.550. The molecule has 2 aromatic rings. The number of aliphatic hydroxyl groups excluding tert-OH is 1. The summed E-state index contributed by atoms with van der Waals surface area (Å²) in [6, 6.07) is 13.6. The van der Waals surface area contributed by atoms with E-state index in [2.05, 4.69) is 11.5 Å². The van der Waals surface area contributed by atoms with Crippen LogP contribution in [0.15, 0.2) is 66.8 Å². The van der Waals surface area contributed by atoms with Gasteiger partial charge in [-0.25, -0.2) is 0 Å². The second kappa shape index (κ2) is 10.4. The van der Waals surface area contributed by atoms with E-state index in [0.29, 0.717) is 55.4 Å². The lowest BCUT2D eigenvalue weighted by Gasteiger charge is -2.35. The van der Waals surface area contributed by atoms with E-state index in [-0.39, 0.29) is 12.1 Å². The minimum Gasteiger partial charge on any atom is -0.507 e. The average Bonchev–Trinajstić information content (AvgIpc) is 3.31. The number of morpholine rings is 1.